The molecule has 0 fully saturated rings. The van der Waals surface area contributed by atoms with Crippen LogP contribution in [0.5, 0.6) is 11.5 Å². The van der Waals surface area contributed by atoms with Crippen molar-refractivity contribution in [3.05, 3.63) is 22.2 Å². The summed E-state index contributed by atoms with van der Waals surface area (Å²) < 4.78 is 15.7. The Morgan fingerprint density at radius 3 is 2.09 bits per heavy atom. The highest BCUT2D eigenvalue weighted by Gasteiger charge is 2.22. The summed E-state index contributed by atoms with van der Waals surface area (Å²) in [6.07, 6.45) is -1.19. The lowest BCUT2D eigenvalue weighted by molar-refractivity contribution is -0.127. The molecule has 0 unspecified atom stereocenters. The van der Waals surface area contributed by atoms with Crippen LogP contribution in [0, 0.1) is 0 Å². The standard InChI is InChI=1S/C13H15BrN2O6/c1-6(11(17)16-13(15)19)22-12(18)7-4-8(20-2)10(14)9(5-7)21-3/h4-6H,1-3H3,(H3,15,16,17,19)/t6-/m1/s1. The summed E-state index contributed by atoms with van der Waals surface area (Å²) in [5.74, 6) is -0.880. The summed E-state index contributed by atoms with van der Waals surface area (Å²) in [5.41, 5.74) is 4.94. The molecule has 8 nitrogen and oxygen atoms in total. The number of hydrogen-bond donors (Lipinski definition) is 2. The number of nitrogens with two attached hydrogens (primary N) is 1. The number of urea groups is 1. The van der Waals surface area contributed by atoms with Gasteiger partial charge in [0, 0.05) is 0 Å². The SMILES string of the molecule is COc1cc(C(=O)O[C@H](C)C(=O)NC(N)=O)cc(OC)c1Br. The quantitative estimate of drug-likeness (QED) is 0.747. The smallest absolute Gasteiger partial charge is 0.339 e. The maximum Gasteiger partial charge on any atom is 0.339 e. The van der Waals surface area contributed by atoms with Crippen molar-refractivity contribution in [1.29, 1.82) is 0 Å². The number of primary amides is 1. The third-order valence-electron chi connectivity index (χ3n) is 2.58. The maximum atomic E-state index is 12.0. The number of rotatable bonds is 5. The van der Waals surface area contributed by atoms with Gasteiger partial charge in [-0.25, -0.2) is 9.59 Å². The van der Waals surface area contributed by atoms with Crippen molar-refractivity contribution in [2.75, 3.05) is 14.2 Å². The van der Waals surface area contributed by atoms with E-state index in [1.807, 2.05) is 5.32 Å². The van der Waals surface area contributed by atoms with Crippen molar-refractivity contribution < 1.29 is 28.6 Å². The van der Waals surface area contributed by atoms with E-state index in [9.17, 15) is 14.4 Å². The zero-order valence-corrected chi connectivity index (χ0v) is 13.7. The minimum absolute atomic E-state index is 0.121. The van der Waals surface area contributed by atoms with E-state index in [0.29, 0.717) is 16.0 Å². The lowest BCUT2D eigenvalue weighted by Gasteiger charge is -2.14. The van der Waals surface area contributed by atoms with E-state index in [0.717, 1.165) is 0 Å². The van der Waals surface area contributed by atoms with E-state index in [-0.39, 0.29) is 5.56 Å². The molecule has 0 saturated heterocycles. The molecule has 120 valence electrons. The number of esters is 1. The molecule has 1 rings (SSSR count). The van der Waals surface area contributed by atoms with E-state index < -0.39 is 24.0 Å². The van der Waals surface area contributed by atoms with Gasteiger partial charge in [0.2, 0.25) is 0 Å². The minimum Gasteiger partial charge on any atom is -0.495 e. The fourth-order valence-electron chi connectivity index (χ4n) is 1.49. The molecule has 0 saturated carbocycles. The number of nitrogens with one attached hydrogen (secondary N) is 1. The first kappa shape index (κ1) is 17.8. The van der Waals surface area contributed by atoms with Crippen LogP contribution in [0.15, 0.2) is 16.6 Å². The molecule has 22 heavy (non-hydrogen) atoms. The Bertz CT molecular complexity index is 579. The van der Waals surface area contributed by atoms with Crippen LogP contribution in [0.25, 0.3) is 0 Å². The minimum atomic E-state index is -1.19. The average Bonchev–Trinajstić information content (AvgIpc) is 2.46. The van der Waals surface area contributed by atoms with E-state index in [2.05, 4.69) is 15.9 Å². The van der Waals surface area contributed by atoms with Crippen molar-refractivity contribution in [2.24, 2.45) is 5.73 Å². The zero-order valence-electron chi connectivity index (χ0n) is 12.1. The van der Waals surface area contributed by atoms with Crippen molar-refractivity contribution in [2.45, 2.75) is 13.0 Å². The van der Waals surface area contributed by atoms with Crippen LogP contribution in [0.4, 0.5) is 4.79 Å². The van der Waals surface area contributed by atoms with E-state index in [1.54, 1.807) is 0 Å². The molecule has 0 bridgehead atoms. The first-order chi connectivity index (χ1) is 10.3. The highest BCUT2D eigenvalue weighted by atomic mass is 79.9. The summed E-state index contributed by atoms with van der Waals surface area (Å²) in [4.78, 5) is 34.1. The van der Waals surface area contributed by atoms with Crippen LogP contribution in [-0.4, -0.2) is 38.2 Å². The highest BCUT2D eigenvalue weighted by molar-refractivity contribution is 9.10. The largest absolute Gasteiger partial charge is 0.495 e. The Hall–Kier alpha value is -2.29. The number of halogens is 1. The van der Waals surface area contributed by atoms with Crippen LogP contribution in [0.1, 0.15) is 17.3 Å². The van der Waals surface area contributed by atoms with E-state index >= 15 is 0 Å². The van der Waals surface area contributed by atoms with Gasteiger partial charge in [0.05, 0.1) is 19.8 Å². The average molecular weight is 375 g/mol. The molecule has 0 spiro atoms. The van der Waals surface area contributed by atoms with Crippen molar-refractivity contribution in [3.63, 3.8) is 0 Å². The van der Waals surface area contributed by atoms with Gasteiger partial charge in [-0.2, -0.15) is 0 Å². The molecule has 3 N–H and O–H groups in total. The number of benzene rings is 1. The second-order valence-electron chi connectivity index (χ2n) is 4.10. The van der Waals surface area contributed by atoms with Gasteiger partial charge in [-0.15, -0.1) is 0 Å². The molecule has 9 heteroatoms. The molecule has 0 aliphatic carbocycles. The van der Waals surface area contributed by atoms with Crippen molar-refractivity contribution in [1.82, 2.24) is 5.32 Å². The molecular formula is C13H15BrN2O6. The Labute approximate surface area is 135 Å². The van der Waals surface area contributed by atoms with Gasteiger partial charge in [0.15, 0.2) is 6.10 Å². The summed E-state index contributed by atoms with van der Waals surface area (Å²) in [7, 11) is 2.86. The number of hydrogen-bond acceptors (Lipinski definition) is 6. The Balaban J connectivity index is 2.94. The lowest BCUT2D eigenvalue weighted by Crippen LogP contribution is -2.42. The first-order valence-electron chi connectivity index (χ1n) is 6.03. The predicted octanol–water partition coefficient (Wildman–Crippen LogP) is 1.21. The zero-order chi connectivity index (χ0) is 16.9. The van der Waals surface area contributed by atoms with Gasteiger partial charge in [0.1, 0.15) is 16.0 Å². The van der Waals surface area contributed by atoms with Crippen molar-refractivity contribution in [3.8, 4) is 11.5 Å². The highest BCUT2D eigenvalue weighted by Crippen LogP contribution is 2.35. The summed E-state index contributed by atoms with van der Waals surface area (Å²) in [5, 5.41) is 1.82. The molecule has 0 aromatic heterocycles. The lowest BCUT2D eigenvalue weighted by atomic mass is 10.2. The molecule has 1 atom stereocenters. The second kappa shape index (κ2) is 7.64. The fraction of sp³-hybridized carbons (Fsp3) is 0.308. The molecule has 1 aromatic carbocycles. The number of ether oxygens (including phenoxy) is 3. The Morgan fingerprint density at radius 1 is 1.18 bits per heavy atom. The van der Waals surface area contributed by atoms with Crippen LogP contribution >= 0.6 is 15.9 Å². The molecule has 0 radical (unpaired) electrons. The molecule has 0 aliphatic heterocycles. The van der Waals surface area contributed by atoms with Crippen molar-refractivity contribution >= 4 is 33.8 Å². The first-order valence-corrected chi connectivity index (χ1v) is 6.82. The number of amides is 3. The summed E-state index contributed by atoms with van der Waals surface area (Å²) in [6.45, 7) is 1.31. The number of methoxy groups -OCH3 is 2. The molecule has 3 amide bonds. The maximum absolute atomic E-state index is 12.0. The van der Waals surface area contributed by atoms with Gasteiger partial charge in [0.25, 0.3) is 5.91 Å². The third-order valence-corrected chi connectivity index (χ3v) is 3.36. The summed E-state index contributed by atoms with van der Waals surface area (Å²) in [6, 6.07) is 1.82. The normalized spacial score (nSPS) is 11.3. The van der Waals surface area contributed by atoms with Gasteiger partial charge in [-0.1, -0.05) is 0 Å². The molecule has 0 heterocycles. The van der Waals surface area contributed by atoms with Crippen LogP contribution in [-0.2, 0) is 9.53 Å². The van der Waals surface area contributed by atoms with Gasteiger partial charge < -0.3 is 19.9 Å². The van der Waals surface area contributed by atoms with Crippen LogP contribution in [0.2, 0.25) is 0 Å². The Morgan fingerprint density at radius 2 is 1.68 bits per heavy atom. The van der Waals surface area contributed by atoms with Gasteiger partial charge in [-0.05, 0) is 35.0 Å². The van der Waals surface area contributed by atoms with Gasteiger partial charge >= 0.3 is 12.0 Å². The predicted molar refractivity (Wildman–Crippen MR) is 79.8 cm³/mol. The Kier molecular flexibility index (Phi) is 6.17. The van der Waals surface area contributed by atoms with Gasteiger partial charge in [-0.3, -0.25) is 10.1 Å². The molecular weight excluding hydrogens is 360 g/mol. The van der Waals surface area contributed by atoms with E-state index in [4.69, 9.17) is 19.9 Å². The number of imide groups is 1. The number of carbonyl (C=O) groups excluding carboxylic acids is 3. The monoisotopic (exact) mass is 374 g/mol. The molecule has 0 aliphatic rings. The fourth-order valence-corrected chi connectivity index (χ4v) is 2.05. The topological polar surface area (TPSA) is 117 Å². The third kappa shape index (κ3) is 4.35. The number of carbonyl (C=O) groups is 3. The second-order valence-corrected chi connectivity index (χ2v) is 4.89. The van der Waals surface area contributed by atoms with Crippen LogP contribution < -0.4 is 20.5 Å². The molecule has 1 aromatic rings. The summed E-state index contributed by atoms with van der Waals surface area (Å²) >= 11 is 3.27. The van der Waals surface area contributed by atoms with E-state index in [1.165, 1.54) is 33.3 Å². The van der Waals surface area contributed by atoms with Crippen LogP contribution in [0.3, 0.4) is 0 Å².